The lowest BCUT2D eigenvalue weighted by Gasteiger charge is -2.08. The quantitative estimate of drug-likeness (QED) is 0.410. The molecule has 9 heteroatoms. The summed E-state index contributed by atoms with van der Waals surface area (Å²) in [5, 5.41) is 8.78. The number of benzene rings is 2. The predicted molar refractivity (Wildman–Crippen MR) is 115 cm³/mol. The number of methoxy groups -OCH3 is 1. The van der Waals surface area contributed by atoms with Crippen LogP contribution in [0.3, 0.4) is 0 Å². The molecule has 2 aromatic carbocycles. The van der Waals surface area contributed by atoms with E-state index in [4.69, 9.17) is 21.1 Å². The number of carbonyl (C=O) groups is 1. The van der Waals surface area contributed by atoms with Crippen molar-refractivity contribution in [1.29, 1.82) is 0 Å². The van der Waals surface area contributed by atoms with Crippen molar-refractivity contribution in [2.24, 2.45) is 5.10 Å². The van der Waals surface area contributed by atoms with Crippen molar-refractivity contribution >= 4 is 39.7 Å². The molecular formula is C20H18BrClN4O3. The first-order valence-corrected chi connectivity index (χ1v) is 9.75. The fourth-order valence-corrected chi connectivity index (χ4v) is 3.26. The zero-order chi connectivity index (χ0) is 20.8. The molecule has 0 saturated heterocycles. The van der Waals surface area contributed by atoms with Gasteiger partial charge in [0.1, 0.15) is 16.7 Å². The molecule has 0 unspecified atom stereocenters. The zero-order valence-electron chi connectivity index (χ0n) is 15.7. The zero-order valence-corrected chi connectivity index (χ0v) is 18.1. The van der Waals surface area contributed by atoms with Crippen molar-refractivity contribution in [1.82, 2.24) is 15.2 Å². The SMILES string of the molecule is COc1ccc(OCC(=O)NN=Cc2c(C)nn(-c3ccccc3)c2Cl)c(Br)c1. The normalized spacial score (nSPS) is 10.9. The van der Waals surface area contributed by atoms with Crippen molar-refractivity contribution < 1.29 is 14.3 Å². The van der Waals surface area contributed by atoms with Crippen molar-refractivity contribution in [3.8, 4) is 17.2 Å². The van der Waals surface area contributed by atoms with Gasteiger partial charge in [0, 0.05) is 0 Å². The number of hydrogen-bond acceptors (Lipinski definition) is 5. The Morgan fingerprint density at radius 1 is 1.31 bits per heavy atom. The number of hydrogen-bond donors (Lipinski definition) is 1. The summed E-state index contributed by atoms with van der Waals surface area (Å²) in [5.41, 5.74) is 4.56. The van der Waals surface area contributed by atoms with Gasteiger partial charge in [-0.15, -0.1) is 0 Å². The number of para-hydroxylation sites is 1. The van der Waals surface area contributed by atoms with Crippen LogP contribution in [0.25, 0.3) is 5.69 Å². The molecular weight excluding hydrogens is 460 g/mol. The van der Waals surface area contributed by atoms with Gasteiger partial charge in [0.2, 0.25) is 0 Å². The van der Waals surface area contributed by atoms with Crippen LogP contribution in [0.15, 0.2) is 58.1 Å². The molecule has 0 aliphatic carbocycles. The number of rotatable bonds is 7. The van der Waals surface area contributed by atoms with E-state index in [1.165, 1.54) is 6.21 Å². The van der Waals surface area contributed by atoms with Gasteiger partial charge in [-0.05, 0) is 53.2 Å². The van der Waals surface area contributed by atoms with E-state index in [0.717, 1.165) is 5.69 Å². The van der Waals surface area contributed by atoms with Gasteiger partial charge in [-0.25, -0.2) is 10.1 Å². The molecule has 0 bridgehead atoms. The highest BCUT2D eigenvalue weighted by Gasteiger charge is 2.13. The minimum Gasteiger partial charge on any atom is -0.497 e. The lowest BCUT2D eigenvalue weighted by atomic mass is 10.3. The Morgan fingerprint density at radius 3 is 2.76 bits per heavy atom. The fourth-order valence-electron chi connectivity index (χ4n) is 2.47. The number of amides is 1. The van der Waals surface area contributed by atoms with E-state index in [1.54, 1.807) is 30.0 Å². The Labute approximate surface area is 181 Å². The van der Waals surface area contributed by atoms with Crippen LogP contribution >= 0.6 is 27.5 Å². The first-order valence-electron chi connectivity index (χ1n) is 8.58. The monoisotopic (exact) mass is 476 g/mol. The Bertz CT molecular complexity index is 1040. The predicted octanol–water partition coefficient (Wildman–Crippen LogP) is 4.13. The van der Waals surface area contributed by atoms with E-state index in [9.17, 15) is 4.79 Å². The summed E-state index contributed by atoms with van der Waals surface area (Å²) >= 11 is 9.79. The van der Waals surface area contributed by atoms with Gasteiger partial charge in [0.25, 0.3) is 5.91 Å². The molecule has 0 spiro atoms. The number of carbonyl (C=O) groups excluding carboxylic acids is 1. The standard InChI is InChI=1S/C20H18BrClN4O3/c1-13-16(20(22)26(25-13)14-6-4-3-5-7-14)11-23-24-19(27)12-29-18-9-8-15(28-2)10-17(18)21/h3-11H,12H2,1-2H3,(H,24,27). The summed E-state index contributed by atoms with van der Waals surface area (Å²) in [6, 6.07) is 14.7. The average molecular weight is 478 g/mol. The second-order valence-corrected chi connectivity index (χ2v) is 7.13. The first kappa shape index (κ1) is 20.9. The summed E-state index contributed by atoms with van der Waals surface area (Å²) in [4.78, 5) is 12.0. The Morgan fingerprint density at radius 2 is 2.07 bits per heavy atom. The van der Waals surface area contributed by atoms with Gasteiger partial charge in [0.05, 0.1) is 34.7 Å². The van der Waals surface area contributed by atoms with E-state index in [1.807, 2.05) is 37.3 Å². The molecule has 0 radical (unpaired) electrons. The van der Waals surface area contributed by atoms with Crippen LogP contribution in [0.4, 0.5) is 0 Å². The molecule has 150 valence electrons. The Kier molecular flexibility index (Phi) is 6.90. The molecule has 1 heterocycles. The lowest BCUT2D eigenvalue weighted by molar-refractivity contribution is -0.123. The molecule has 3 aromatic rings. The van der Waals surface area contributed by atoms with E-state index >= 15 is 0 Å². The van der Waals surface area contributed by atoms with Crippen LogP contribution in [0, 0.1) is 6.92 Å². The smallest absolute Gasteiger partial charge is 0.277 e. The van der Waals surface area contributed by atoms with Crippen molar-refractivity contribution in [2.45, 2.75) is 6.92 Å². The molecule has 0 aliphatic heterocycles. The lowest BCUT2D eigenvalue weighted by Crippen LogP contribution is -2.24. The summed E-state index contributed by atoms with van der Waals surface area (Å²) in [6.07, 6.45) is 1.46. The minimum absolute atomic E-state index is 0.196. The van der Waals surface area contributed by atoms with E-state index in [2.05, 4.69) is 31.6 Å². The molecule has 0 fully saturated rings. The average Bonchev–Trinajstić information content (AvgIpc) is 3.01. The number of nitrogens with zero attached hydrogens (tertiary/aromatic N) is 3. The first-order chi connectivity index (χ1) is 14.0. The third-order valence-electron chi connectivity index (χ3n) is 3.93. The number of aromatic nitrogens is 2. The number of nitrogens with one attached hydrogen (secondary N) is 1. The maximum atomic E-state index is 12.0. The minimum atomic E-state index is -0.409. The third-order valence-corrected chi connectivity index (χ3v) is 4.91. The second kappa shape index (κ2) is 9.58. The number of halogens is 2. The van der Waals surface area contributed by atoms with E-state index in [0.29, 0.717) is 32.4 Å². The molecule has 1 aromatic heterocycles. The second-order valence-electron chi connectivity index (χ2n) is 5.92. The van der Waals surface area contributed by atoms with Crippen LogP contribution in [0.2, 0.25) is 5.15 Å². The third kappa shape index (κ3) is 5.16. The van der Waals surface area contributed by atoms with Gasteiger partial charge >= 0.3 is 0 Å². The fraction of sp³-hybridized carbons (Fsp3) is 0.150. The summed E-state index contributed by atoms with van der Waals surface area (Å²) in [6.45, 7) is 1.62. The van der Waals surface area contributed by atoms with Crippen LogP contribution in [0.5, 0.6) is 11.5 Å². The Balaban J connectivity index is 1.60. The van der Waals surface area contributed by atoms with Gasteiger partial charge in [-0.1, -0.05) is 29.8 Å². The molecule has 0 atom stereocenters. The largest absolute Gasteiger partial charge is 0.497 e. The van der Waals surface area contributed by atoms with Crippen LogP contribution < -0.4 is 14.9 Å². The van der Waals surface area contributed by atoms with Crippen LogP contribution in [-0.2, 0) is 4.79 Å². The van der Waals surface area contributed by atoms with Crippen LogP contribution in [-0.4, -0.2) is 35.6 Å². The highest BCUT2D eigenvalue weighted by Crippen LogP contribution is 2.29. The van der Waals surface area contributed by atoms with Crippen LogP contribution in [0.1, 0.15) is 11.3 Å². The molecule has 1 amide bonds. The highest BCUT2D eigenvalue weighted by atomic mass is 79.9. The highest BCUT2D eigenvalue weighted by molar-refractivity contribution is 9.10. The maximum Gasteiger partial charge on any atom is 0.277 e. The van der Waals surface area contributed by atoms with E-state index in [-0.39, 0.29) is 6.61 Å². The summed E-state index contributed by atoms with van der Waals surface area (Å²) < 4.78 is 12.9. The molecule has 1 N–H and O–H groups in total. The van der Waals surface area contributed by atoms with Gasteiger partial charge in [0.15, 0.2) is 6.61 Å². The summed E-state index contributed by atoms with van der Waals surface area (Å²) in [7, 11) is 1.57. The van der Waals surface area contributed by atoms with Gasteiger partial charge < -0.3 is 9.47 Å². The number of ether oxygens (including phenoxy) is 2. The number of hydrazone groups is 1. The Hall–Kier alpha value is -2.84. The maximum absolute atomic E-state index is 12.0. The van der Waals surface area contributed by atoms with Crippen molar-refractivity contribution in [2.75, 3.05) is 13.7 Å². The van der Waals surface area contributed by atoms with Gasteiger partial charge in [-0.2, -0.15) is 10.2 Å². The topological polar surface area (TPSA) is 77.7 Å². The molecule has 29 heavy (non-hydrogen) atoms. The van der Waals surface area contributed by atoms with Crippen molar-refractivity contribution in [3.05, 3.63) is 69.4 Å². The number of aryl methyl sites for hydroxylation is 1. The molecule has 3 rings (SSSR count). The molecule has 7 nitrogen and oxygen atoms in total. The molecule has 0 saturated carbocycles. The molecule has 0 aliphatic rings. The van der Waals surface area contributed by atoms with E-state index < -0.39 is 5.91 Å². The van der Waals surface area contributed by atoms with Gasteiger partial charge in [-0.3, -0.25) is 4.79 Å². The van der Waals surface area contributed by atoms with Crippen molar-refractivity contribution in [3.63, 3.8) is 0 Å². The summed E-state index contributed by atoms with van der Waals surface area (Å²) in [5.74, 6) is 0.794.